The van der Waals surface area contributed by atoms with Crippen LogP contribution in [-0.2, 0) is 4.79 Å². The lowest BCUT2D eigenvalue weighted by molar-refractivity contribution is -0.119. The van der Waals surface area contributed by atoms with Crippen LogP contribution in [-0.4, -0.2) is 35.1 Å². The van der Waals surface area contributed by atoms with Gasteiger partial charge in [-0.05, 0) is 31.4 Å². The summed E-state index contributed by atoms with van der Waals surface area (Å²) in [6.07, 6.45) is 3.94. The van der Waals surface area contributed by atoms with E-state index in [1.807, 2.05) is 25.3 Å². The molecular formula is C15H23N3O2. The topological polar surface area (TPSA) is 65.5 Å². The lowest BCUT2D eigenvalue weighted by Crippen LogP contribution is -2.44. The molecule has 1 aromatic heterocycles. The smallest absolute Gasteiger partial charge is 0.217 e. The molecule has 110 valence electrons. The molecule has 20 heavy (non-hydrogen) atoms. The molecule has 1 fully saturated rings. The van der Waals surface area contributed by atoms with Gasteiger partial charge < -0.3 is 15.3 Å². The van der Waals surface area contributed by atoms with Crippen LogP contribution in [0.4, 0.5) is 5.69 Å². The molecule has 5 heteroatoms. The van der Waals surface area contributed by atoms with Gasteiger partial charge in [0.05, 0.1) is 23.7 Å². The number of aliphatic hydroxyl groups is 1. The molecule has 2 N–H and O–H groups in total. The summed E-state index contributed by atoms with van der Waals surface area (Å²) in [7, 11) is 0. The average molecular weight is 277 g/mol. The number of hydrogen-bond donors (Lipinski definition) is 2. The Balaban J connectivity index is 1.92. The fourth-order valence-electron chi connectivity index (χ4n) is 2.56. The van der Waals surface area contributed by atoms with Crippen molar-refractivity contribution < 1.29 is 9.90 Å². The highest BCUT2D eigenvalue weighted by Crippen LogP contribution is 2.21. The standard InChI is InChI=1S/C15H23N3O2/c1-3-15(20)14-5-4-13(10-16-14)18-8-6-12(7-9-18)17-11(2)19/h4-5,10,12,15,20H,3,6-9H2,1-2H3,(H,17,19). The van der Waals surface area contributed by atoms with Crippen LogP contribution >= 0.6 is 0 Å². The van der Waals surface area contributed by atoms with Gasteiger partial charge in [-0.25, -0.2) is 0 Å². The summed E-state index contributed by atoms with van der Waals surface area (Å²) >= 11 is 0. The Bertz CT molecular complexity index is 439. The largest absolute Gasteiger partial charge is 0.387 e. The zero-order valence-corrected chi connectivity index (χ0v) is 12.2. The molecule has 1 atom stereocenters. The molecular weight excluding hydrogens is 254 g/mol. The lowest BCUT2D eigenvalue weighted by Gasteiger charge is -2.33. The summed E-state index contributed by atoms with van der Waals surface area (Å²) in [6.45, 7) is 5.34. The molecule has 2 heterocycles. The molecule has 0 saturated carbocycles. The first kappa shape index (κ1) is 14.8. The second kappa shape index (κ2) is 6.70. The SMILES string of the molecule is CCC(O)c1ccc(N2CCC(NC(C)=O)CC2)cn1. The molecule has 1 unspecified atom stereocenters. The summed E-state index contributed by atoms with van der Waals surface area (Å²) in [5, 5.41) is 12.7. The predicted octanol–water partition coefficient (Wildman–Crippen LogP) is 1.63. The van der Waals surface area contributed by atoms with Crippen molar-refractivity contribution in [3.8, 4) is 0 Å². The van der Waals surface area contributed by atoms with E-state index in [0.717, 1.165) is 37.3 Å². The van der Waals surface area contributed by atoms with Crippen LogP contribution in [0.25, 0.3) is 0 Å². The third kappa shape index (κ3) is 3.70. The van der Waals surface area contributed by atoms with Crippen molar-refractivity contribution in [2.45, 2.75) is 45.3 Å². The Labute approximate surface area is 120 Å². The van der Waals surface area contributed by atoms with Crippen molar-refractivity contribution in [1.82, 2.24) is 10.3 Å². The van der Waals surface area contributed by atoms with Gasteiger partial charge in [0.2, 0.25) is 5.91 Å². The number of nitrogens with zero attached hydrogens (tertiary/aromatic N) is 2. The Morgan fingerprint density at radius 2 is 2.20 bits per heavy atom. The van der Waals surface area contributed by atoms with Crippen molar-refractivity contribution in [3.05, 3.63) is 24.0 Å². The van der Waals surface area contributed by atoms with Gasteiger partial charge in [0.25, 0.3) is 0 Å². The zero-order chi connectivity index (χ0) is 14.5. The summed E-state index contributed by atoms with van der Waals surface area (Å²) in [5.74, 6) is 0.0445. The number of aromatic nitrogens is 1. The van der Waals surface area contributed by atoms with E-state index in [1.54, 1.807) is 6.92 Å². The van der Waals surface area contributed by atoms with Crippen LogP contribution in [0.1, 0.15) is 44.9 Å². The Hall–Kier alpha value is -1.62. The predicted molar refractivity (Wildman–Crippen MR) is 78.5 cm³/mol. The number of hydrogen-bond acceptors (Lipinski definition) is 4. The van der Waals surface area contributed by atoms with Crippen LogP contribution in [0.5, 0.6) is 0 Å². The van der Waals surface area contributed by atoms with E-state index >= 15 is 0 Å². The third-order valence-electron chi connectivity index (χ3n) is 3.77. The van der Waals surface area contributed by atoms with E-state index in [2.05, 4.69) is 15.2 Å². The van der Waals surface area contributed by atoms with Crippen LogP contribution in [0, 0.1) is 0 Å². The highest BCUT2D eigenvalue weighted by molar-refractivity contribution is 5.73. The molecule has 1 saturated heterocycles. The van der Waals surface area contributed by atoms with Crippen molar-refractivity contribution >= 4 is 11.6 Å². The van der Waals surface area contributed by atoms with E-state index in [1.165, 1.54) is 0 Å². The van der Waals surface area contributed by atoms with Crippen molar-refractivity contribution in [1.29, 1.82) is 0 Å². The van der Waals surface area contributed by atoms with Crippen molar-refractivity contribution in [2.75, 3.05) is 18.0 Å². The van der Waals surface area contributed by atoms with Gasteiger partial charge in [-0.15, -0.1) is 0 Å². The minimum Gasteiger partial charge on any atom is -0.387 e. The second-order valence-corrected chi connectivity index (χ2v) is 5.33. The average Bonchev–Trinajstić information content (AvgIpc) is 2.47. The van der Waals surface area contributed by atoms with Crippen LogP contribution < -0.4 is 10.2 Å². The number of carbonyl (C=O) groups excluding carboxylic acids is 1. The fourth-order valence-corrected chi connectivity index (χ4v) is 2.56. The Kier molecular flexibility index (Phi) is 4.95. The highest BCUT2D eigenvalue weighted by Gasteiger charge is 2.20. The van der Waals surface area contributed by atoms with Gasteiger partial charge in [0, 0.05) is 26.1 Å². The monoisotopic (exact) mass is 277 g/mol. The van der Waals surface area contributed by atoms with Crippen LogP contribution in [0.15, 0.2) is 18.3 Å². The molecule has 1 aliphatic heterocycles. The van der Waals surface area contributed by atoms with E-state index < -0.39 is 6.10 Å². The minimum absolute atomic E-state index is 0.0445. The van der Waals surface area contributed by atoms with Gasteiger partial charge in [-0.2, -0.15) is 0 Å². The fraction of sp³-hybridized carbons (Fsp3) is 0.600. The molecule has 0 aromatic carbocycles. The van der Waals surface area contributed by atoms with E-state index in [-0.39, 0.29) is 11.9 Å². The molecule has 0 bridgehead atoms. The molecule has 1 aliphatic rings. The molecule has 1 aromatic rings. The van der Waals surface area contributed by atoms with E-state index in [0.29, 0.717) is 6.42 Å². The van der Waals surface area contributed by atoms with Gasteiger partial charge in [-0.1, -0.05) is 6.92 Å². The second-order valence-electron chi connectivity index (χ2n) is 5.33. The maximum Gasteiger partial charge on any atom is 0.217 e. The minimum atomic E-state index is -0.477. The number of aliphatic hydroxyl groups excluding tert-OH is 1. The van der Waals surface area contributed by atoms with E-state index in [9.17, 15) is 9.90 Å². The van der Waals surface area contributed by atoms with E-state index in [4.69, 9.17) is 0 Å². The first-order chi connectivity index (χ1) is 9.60. The van der Waals surface area contributed by atoms with Crippen LogP contribution in [0.3, 0.4) is 0 Å². The molecule has 0 radical (unpaired) electrons. The summed E-state index contributed by atoms with van der Waals surface area (Å²) < 4.78 is 0. The normalized spacial score (nSPS) is 17.9. The number of anilines is 1. The van der Waals surface area contributed by atoms with Crippen LogP contribution in [0.2, 0.25) is 0 Å². The Morgan fingerprint density at radius 1 is 1.50 bits per heavy atom. The number of amides is 1. The first-order valence-corrected chi connectivity index (χ1v) is 7.26. The molecule has 5 nitrogen and oxygen atoms in total. The maximum atomic E-state index is 11.0. The maximum absolute atomic E-state index is 11.0. The number of carbonyl (C=O) groups is 1. The summed E-state index contributed by atoms with van der Waals surface area (Å²) in [4.78, 5) is 17.6. The number of nitrogens with one attached hydrogen (secondary N) is 1. The number of piperidine rings is 1. The zero-order valence-electron chi connectivity index (χ0n) is 12.2. The highest BCUT2D eigenvalue weighted by atomic mass is 16.3. The Morgan fingerprint density at radius 3 is 2.70 bits per heavy atom. The summed E-state index contributed by atoms with van der Waals surface area (Å²) in [5.41, 5.74) is 1.81. The first-order valence-electron chi connectivity index (χ1n) is 7.26. The molecule has 0 spiro atoms. The molecule has 0 aliphatic carbocycles. The van der Waals surface area contributed by atoms with Crippen molar-refractivity contribution in [3.63, 3.8) is 0 Å². The molecule has 2 rings (SSSR count). The number of rotatable bonds is 4. The van der Waals surface area contributed by atoms with Gasteiger partial charge >= 0.3 is 0 Å². The molecule has 1 amide bonds. The van der Waals surface area contributed by atoms with Gasteiger partial charge in [0.1, 0.15) is 0 Å². The number of pyridine rings is 1. The third-order valence-corrected chi connectivity index (χ3v) is 3.77. The quantitative estimate of drug-likeness (QED) is 0.878. The van der Waals surface area contributed by atoms with Gasteiger partial charge in [-0.3, -0.25) is 9.78 Å². The summed E-state index contributed by atoms with van der Waals surface area (Å²) in [6, 6.07) is 4.20. The lowest BCUT2D eigenvalue weighted by atomic mass is 10.0. The van der Waals surface area contributed by atoms with Crippen molar-refractivity contribution in [2.24, 2.45) is 0 Å². The van der Waals surface area contributed by atoms with Gasteiger partial charge in [0.15, 0.2) is 0 Å².